The number of hydrogen-bond acceptors (Lipinski definition) is 9. The van der Waals surface area contributed by atoms with E-state index in [4.69, 9.17) is 9.72 Å². The van der Waals surface area contributed by atoms with Crippen molar-refractivity contribution in [3.05, 3.63) is 70.6 Å². The Bertz CT molecular complexity index is 2330. The number of methoxy groups -OCH3 is 1. The zero-order valence-corrected chi connectivity index (χ0v) is 39.9. The van der Waals surface area contributed by atoms with E-state index in [9.17, 15) is 14.4 Å². The molecule has 2 aromatic carbocycles. The van der Waals surface area contributed by atoms with Gasteiger partial charge in [0.1, 0.15) is 5.75 Å². The maximum Gasteiger partial charge on any atom is 0.257 e. The first-order chi connectivity index (χ1) is 31.4. The third kappa shape index (κ3) is 11.4. The summed E-state index contributed by atoms with van der Waals surface area (Å²) in [4.78, 5) is 53.5. The van der Waals surface area contributed by atoms with Gasteiger partial charge in [-0.1, -0.05) is 78.2 Å². The number of carbonyl (C=O) groups is 2. The van der Waals surface area contributed by atoms with Crippen LogP contribution in [0, 0.1) is 35.5 Å². The molecule has 9 rings (SSSR count). The van der Waals surface area contributed by atoms with Gasteiger partial charge in [-0.25, -0.2) is 4.98 Å². The van der Waals surface area contributed by atoms with Gasteiger partial charge >= 0.3 is 0 Å². The first-order valence-electron chi connectivity index (χ1n) is 24.9. The van der Waals surface area contributed by atoms with Gasteiger partial charge in [-0.05, 0) is 117 Å². The second-order valence-corrected chi connectivity index (χ2v) is 21.0. The molecule has 4 aromatic rings. The molecular weight excluding hydrogens is 813 g/mol. The molecule has 12 nitrogen and oxygen atoms in total. The molecule has 65 heavy (non-hydrogen) atoms. The number of fused-ring (bicyclic) bond motifs is 1. The molecule has 350 valence electrons. The van der Waals surface area contributed by atoms with E-state index in [-0.39, 0.29) is 11.5 Å². The number of rotatable bonds is 21. The van der Waals surface area contributed by atoms with E-state index < -0.39 is 5.41 Å². The standard InChI is InChI=1S/C53H74N8O4/c1-37-27-48(63)61(43-18-16-17-41(31-43)56-50(64)52(2,3)4)49-44(37)36-55-51(58-49)57-45-20-19-42(32-46(45)65-5)60-25-23-59(24-26-60)22-15-13-11-9-7-6-8-10-12-14-21-54-47(62)35-53-33-38-28-39(34-53)30-40(53)29-38/h16-20,27,31-32,36,38-40H,6-15,21-26,28-30,33-35H2,1-5H3,(H,54,62)(H,56,64)(H,55,57,58). The normalized spacial score (nSPS) is 21.6. The second kappa shape index (κ2) is 20.7. The highest BCUT2D eigenvalue weighted by molar-refractivity contribution is 5.94. The van der Waals surface area contributed by atoms with E-state index in [1.807, 2.05) is 52.0 Å². The van der Waals surface area contributed by atoms with Gasteiger partial charge in [0.15, 0.2) is 5.65 Å². The molecule has 1 saturated heterocycles. The van der Waals surface area contributed by atoms with Gasteiger partial charge in [-0.3, -0.25) is 23.9 Å². The minimum Gasteiger partial charge on any atom is -0.494 e. The highest BCUT2D eigenvalue weighted by Crippen LogP contribution is 2.66. The summed E-state index contributed by atoms with van der Waals surface area (Å²) < 4.78 is 7.42. The molecular formula is C53H74N8O4. The Morgan fingerprint density at radius 3 is 2.22 bits per heavy atom. The largest absolute Gasteiger partial charge is 0.494 e. The smallest absolute Gasteiger partial charge is 0.257 e. The van der Waals surface area contributed by atoms with Crippen molar-refractivity contribution in [2.75, 3.05) is 61.9 Å². The molecule has 3 N–H and O–H groups in total. The highest BCUT2D eigenvalue weighted by Gasteiger charge is 2.58. The average molecular weight is 887 g/mol. The minimum absolute atomic E-state index is 0.113. The van der Waals surface area contributed by atoms with Gasteiger partial charge < -0.3 is 25.6 Å². The fourth-order valence-electron chi connectivity index (χ4n) is 11.7. The summed E-state index contributed by atoms with van der Waals surface area (Å²) in [7, 11) is 1.67. The Hall–Kier alpha value is -4.97. The maximum atomic E-state index is 13.5. The molecule has 0 radical (unpaired) electrons. The number of carbonyl (C=O) groups excluding carboxylic acids is 2. The van der Waals surface area contributed by atoms with Crippen molar-refractivity contribution in [2.24, 2.45) is 28.6 Å². The number of unbranched alkanes of at least 4 members (excludes halogenated alkanes) is 9. The Kier molecular flexibility index (Phi) is 14.8. The van der Waals surface area contributed by atoms with Crippen molar-refractivity contribution in [1.82, 2.24) is 24.8 Å². The monoisotopic (exact) mass is 887 g/mol. The second-order valence-electron chi connectivity index (χ2n) is 21.0. The van der Waals surface area contributed by atoms with Gasteiger partial charge in [0.2, 0.25) is 17.8 Å². The van der Waals surface area contributed by atoms with Crippen molar-refractivity contribution >= 4 is 45.9 Å². The number of benzene rings is 2. The quantitative estimate of drug-likeness (QED) is 0.0700. The van der Waals surface area contributed by atoms with Crippen molar-refractivity contribution in [3.63, 3.8) is 0 Å². The number of pyridine rings is 1. The molecule has 12 heteroatoms. The van der Waals surface area contributed by atoms with Crippen LogP contribution in [-0.4, -0.2) is 77.6 Å². The first-order valence-corrected chi connectivity index (χ1v) is 24.9. The lowest BCUT2D eigenvalue weighted by molar-refractivity contribution is -0.124. The van der Waals surface area contributed by atoms with Gasteiger partial charge in [-0.2, -0.15) is 4.98 Å². The summed E-state index contributed by atoms with van der Waals surface area (Å²) in [5.41, 5.74) is 3.86. The molecule has 4 saturated carbocycles. The minimum atomic E-state index is -0.566. The van der Waals surface area contributed by atoms with Crippen LogP contribution in [0.2, 0.25) is 0 Å². The fraction of sp³-hybridized carbons (Fsp3) is 0.604. The molecule has 5 aliphatic rings. The van der Waals surface area contributed by atoms with Crippen LogP contribution in [-0.2, 0) is 9.59 Å². The third-order valence-corrected chi connectivity index (χ3v) is 15.1. The Labute approximate surface area is 386 Å². The molecule has 4 bridgehead atoms. The van der Waals surface area contributed by atoms with Crippen LogP contribution in [0.3, 0.4) is 0 Å². The lowest BCUT2D eigenvalue weighted by Gasteiger charge is -2.36. The predicted octanol–water partition coefficient (Wildman–Crippen LogP) is 10.2. The Morgan fingerprint density at radius 1 is 0.831 bits per heavy atom. The predicted molar refractivity (Wildman–Crippen MR) is 263 cm³/mol. The Balaban J connectivity index is 0.724. The van der Waals surface area contributed by atoms with Crippen molar-refractivity contribution in [1.29, 1.82) is 0 Å². The van der Waals surface area contributed by atoms with Crippen LogP contribution in [0.4, 0.5) is 23.0 Å². The topological polar surface area (TPSA) is 134 Å². The lowest BCUT2D eigenvalue weighted by atomic mass is 9.73. The van der Waals surface area contributed by atoms with E-state index in [1.54, 1.807) is 30.0 Å². The number of piperazine rings is 1. The first kappa shape index (κ1) is 46.6. The van der Waals surface area contributed by atoms with Crippen LogP contribution in [0.15, 0.2) is 59.5 Å². The van der Waals surface area contributed by atoms with Gasteiger partial charge in [-0.15, -0.1) is 0 Å². The Morgan fingerprint density at radius 2 is 1.52 bits per heavy atom. The van der Waals surface area contributed by atoms with E-state index >= 15 is 0 Å². The van der Waals surface area contributed by atoms with Crippen LogP contribution < -0.4 is 31.1 Å². The number of anilines is 4. The summed E-state index contributed by atoms with van der Waals surface area (Å²) in [6, 6.07) is 15.0. The number of amides is 2. The SMILES string of the molecule is COc1cc(N2CCN(CCCCCCCCCCCCNC(=O)CC34CC5CC(CC3C5)C4)CC2)ccc1Nc1ncc2c(C)cc(=O)n(-c3cccc(NC(=O)C(C)(C)C)c3)c2n1. The fourth-order valence-corrected chi connectivity index (χ4v) is 11.7. The number of hydrogen-bond donors (Lipinski definition) is 3. The molecule has 4 aliphatic carbocycles. The van der Waals surface area contributed by atoms with Gasteiger partial charge in [0, 0.05) is 79.7 Å². The summed E-state index contributed by atoms with van der Waals surface area (Å²) in [6.07, 6.45) is 22.3. The third-order valence-electron chi connectivity index (χ3n) is 15.1. The maximum absolute atomic E-state index is 13.5. The average Bonchev–Trinajstić information content (AvgIpc) is 3.66. The van der Waals surface area contributed by atoms with Gasteiger partial charge in [0.25, 0.3) is 5.56 Å². The molecule has 3 heterocycles. The van der Waals surface area contributed by atoms with Crippen LogP contribution in [0.25, 0.3) is 16.7 Å². The molecule has 2 atom stereocenters. The van der Waals surface area contributed by atoms with Crippen LogP contribution in [0.5, 0.6) is 5.75 Å². The number of nitrogens with zero attached hydrogens (tertiary/aromatic N) is 5. The number of aryl methyl sites for hydroxylation is 1. The summed E-state index contributed by atoms with van der Waals surface area (Å²) >= 11 is 0. The lowest BCUT2D eigenvalue weighted by Crippen LogP contribution is -2.46. The van der Waals surface area contributed by atoms with E-state index in [1.165, 1.54) is 89.9 Å². The van der Waals surface area contributed by atoms with Crippen LogP contribution in [0.1, 0.15) is 129 Å². The molecule has 5 fully saturated rings. The van der Waals surface area contributed by atoms with Crippen molar-refractivity contribution in [2.45, 2.75) is 130 Å². The summed E-state index contributed by atoms with van der Waals surface area (Å²) in [5.74, 6) is 3.94. The molecule has 0 spiro atoms. The molecule has 2 aromatic heterocycles. The number of nitrogens with one attached hydrogen (secondary N) is 3. The molecule has 2 unspecified atom stereocenters. The van der Waals surface area contributed by atoms with Crippen molar-refractivity contribution < 1.29 is 14.3 Å². The number of aromatic nitrogens is 3. The van der Waals surface area contributed by atoms with Gasteiger partial charge in [0.05, 0.1) is 18.5 Å². The van der Waals surface area contributed by atoms with E-state index in [0.29, 0.717) is 40.0 Å². The zero-order chi connectivity index (χ0) is 45.6. The van der Waals surface area contributed by atoms with Crippen molar-refractivity contribution in [3.8, 4) is 11.4 Å². The highest BCUT2D eigenvalue weighted by atomic mass is 16.5. The van der Waals surface area contributed by atoms with E-state index in [0.717, 1.165) is 92.2 Å². The molecule has 2 amide bonds. The molecule has 1 aliphatic heterocycles. The van der Waals surface area contributed by atoms with E-state index in [2.05, 4.69) is 42.9 Å². The summed E-state index contributed by atoms with van der Waals surface area (Å²) in [6.45, 7) is 13.5. The number of ether oxygens (including phenoxy) is 1. The summed E-state index contributed by atoms with van der Waals surface area (Å²) in [5, 5.41) is 10.3. The van der Waals surface area contributed by atoms with Crippen LogP contribution >= 0.6 is 0 Å². The zero-order valence-electron chi connectivity index (χ0n) is 39.9.